The van der Waals surface area contributed by atoms with Gasteiger partial charge in [0.15, 0.2) is 0 Å². The van der Waals surface area contributed by atoms with Crippen molar-refractivity contribution in [3.8, 4) is 0 Å². The summed E-state index contributed by atoms with van der Waals surface area (Å²) in [6, 6.07) is 2.16. The maximum Gasteiger partial charge on any atom is 0.244 e. The molecule has 1 aromatic carbocycles. The lowest BCUT2D eigenvalue weighted by molar-refractivity contribution is 0.539. The van der Waals surface area contributed by atoms with Crippen LogP contribution in [-0.2, 0) is 10.0 Å². The van der Waals surface area contributed by atoms with Crippen LogP contribution in [0.2, 0.25) is 0 Å². The van der Waals surface area contributed by atoms with Gasteiger partial charge in [0.05, 0.1) is 11.9 Å². The van der Waals surface area contributed by atoms with Gasteiger partial charge >= 0.3 is 0 Å². The third kappa shape index (κ3) is 2.86. The van der Waals surface area contributed by atoms with Crippen LogP contribution in [0, 0.1) is 18.6 Å². The van der Waals surface area contributed by atoms with Crippen molar-refractivity contribution in [1.82, 2.24) is 14.9 Å². The number of aryl methyl sites for hydroxylation is 1. The van der Waals surface area contributed by atoms with Gasteiger partial charge in [-0.1, -0.05) is 6.07 Å². The molecule has 0 fully saturated rings. The van der Waals surface area contributed by atoms with Gasteiger partial charge in [0.1, 0.15) is 16.5 Å². The van der Waals surface area contributed by atoms with Crippen LogP contribution in [-0.4, -0.2) is 18.6 Å². The van der Waals surface area contributed by atoms with Gasteiger partial charge in [-0.15, -0.1) is 0 Å². The fourth-order valence-electron chi connectivity index (χ4n) is 1.82. The van der Waals surface area contributed by atoms with Crippen LogP contribution in [0.25, 0.3) is 0 Å². The number of hydrogen-bond acceptors (Lipinski definition) is 3. The largest absolute Gasteiger partial charge is 0.281 e. The third-order valence-electron chi connectivity index (χ3n) is 2.83. The van der Waals surface area contributed by atoms with E-state index in [9.17, 15) is 17.2 Å². The second kappa shape index (κ2) is 5.29. The molecule has 8 heteroatoms. The van der Waals surface area contributed by atoms with Crippen LogP contribution in [0.3, 0.4) is 0 Å². The van der Waals surface area contributed by atoms with Crippen molar-refractivity contribution >= 4 is 10.0 Å². The Labute approximate surface area is 115 Å². The smallest absolute Gasteiger partial charge is 0.244 e. The van der Waals surface area contributed by atoms with E-state index in [2.05, 4.69) is 14.9 Å². The average molecular weight is 301 g/mol. The monoisotopic (exact) mass is 301 g/mol. The van der Waals surface area contributed by atoms with E-state index in [4.69, 9.17) is 0 Å². The Morgan fingerprint density at radius 1 is 1.35 bits per heavy atom. The third-order valence-corrected chi connectivity index (χ3v) is 4.49. The number of aromatic nitrogens is 2. The summed E-state index contributed by atoms with van der Waals surface area (Å²) in [5.41, 5.74) is 0.445. The normalized spacial score (nSPS) is 13.4. The summed E-state index contributed by atoms with van der Waals surface area (Å²) in [7, 11) is -3.83. The van der Waals surface area contributed by atoms with E-state index in [1.807, 2.05) is 0 Å². The number of H-pyrrole nitrogens is 1. The highest BCUT2D eigenvalue weighted by atomic mass is 32.2. The predicted octanol–water partition coefficient (Wildman–Crippen LogP) is 2.04. The lowest BCUT2D eigenvalue weighted by Gasteiger charge is -2.15. The molecule has 2 aromatic rings. The molecule has 5 nitrogen and oxygen atoms in total. The van der Waals surface area contributed by atoms with E-state index in [1.54, 1.807) is 6.92 Å². The molecule has 0 bridgehead atoms. The summed E-state index contributed by atoms with van der Waals surface area (Å²) in [6.07, 6.45) is 1.17. The van der Waals surface area contributed by atoms with Crippen molar-refractivity contribution in [2.75, 3.05) is 0 Å². The van der Waals surface area contributed by atoms with E-state index < -0.39 is 27.7 Å². The van der Waals surface area contributed by atoms with Crippen molar-refractivity contribution in [2.45, 2.75) is 24.8 Å². The molecular weight excluding hydrogens is 288 g/mol. The molecule has 0 aliphatic heterocycles. The summed E-state index contributed by atoms with van der Waals surface area (Å²) in [5, 5.41) is 6.14. The van der Waals surface area contributed by atoms with Gasteiger partial charge in [-0.3, -0.25) is 5.10 Å². The van der Waals surface area contributed by atoms with Crippen molar-refractivity contribution in [3.63, 3.8) is 0 Å². The topological polar surface area (TPSA) is 74.8 Å². The number of nitrogens with zero attached hydrogens (tertiary/aromatic N) is 1. The molecular formula is C12H13F2N3O2S. The first-order valence-corrected chi connectivity index (χ1v) is 7.27. The Morgan fingerprint density at radius 2 is 2.05 bits per heavy atom. The maximum absolute atomic E-state index is 13.6. The molecule has 0 aliphatic rings. The molecule has 1 aromatic heterocycles. The van der Waals surface area contributed by atoms with E-state index >= 15 is 0 Å². The molecule has 1 unspecified atom stereocenters. The number of sulfonamides is 1. The Morgan fingerprint density at radius 3 is 2.60 bits per heavy atom. The number of benzene rings is 1. The second-order valence-electron chi connectivity index (χ2n) is 4.37. The minimum atomic E-state index is -3.83. The molecule has 0 spiro atoms. The Hall–Kier alpha value is -1.80. The van der Waals surface area contributed by atoms with Gasteiger partial charge in [-0.05, 0) is 19.9 Å². The van der Waals surface area contributed by atoms with Crippen molar-refractivity contribution in [1.29, 1.82) is 0 Å². The van der Waals surface area contributed by atoms with E-state index in [-0.39, 0.29) is 10.5 Å². The van der Waals surface area contributed by atoms with Crippen molar-refractivity contribution in [3.05, 3.63) is 47.3 Å². The second-order valence-corrected chi connectivity index (χ2v) is 6.05. The molecule has 108 valence electrons. The number of halogens is 2. The molecule has 2 N–H and O–H groups in total. The average Bonchev–Trinajstić information content (AvgIpc) is 2.75. The standard InChI is InChI=1S/C12H13F2N3O2S/c1-7(10-4-3-9(13)5-11(10)14)17-20(18,19)12-6-15-16-8(12)2/h3-7,17H,1-2H3,(H,15,16). The zero-order valence-electron chi connectivity index (χ0n) is 10.8. The Bertz CT molecular complexity index is 728. The van der Waals surface area contributed by atoms with Crippen LogP contribution < -0.4 is 4.72 Å². The Balaban J connectivity index is 2.28. The fourth-order valence-corrected chi connectivity index (χ4v) is 3.18. The minimum absolute atomic E-state index is 0.00753. The SMILES string of the molecule is Cc1[nH]ncc1S(=O)(=O)NC(C)c1ccc(F)cc1F. The minimum Gasteiger partial charge on any atom is -0.281 e. The summed E-state index contributed by atoms with van der Waals surface area (Å²) in [4.78, 5) is -0.00753. The molecule has 1 heterocycles. The van der Waals surface area contributed by atoms with Crippen LogP contribution in [0.5, 0.6) is 0 Å². The first-order valence-electron chi connectivity index (χ1n) is 5.78. The molecule has 0 saturated heterocycles. The highest BCUT2D eigenvalue weighted by Crippen LogP contribution is 2.21. The zero-order valence-corrected chi connectivity index (χ0v) is 11.6. The van der Waals surface area contributed by atoms with Gasteiger partial charge in [0, 0.05) is 17.7 Å². The van der Waals surface area contributed by atoms with Gasteiger partial charge in [0.25, 0.3) is 0 Å². The van der Waals surface area contributed by atoms with Crippen molar-refractivity contribution in [2.24, 2.45) is 0 Å². The van der Waals surface area contributed by atoms with Crippen LogP contribution in [0.1, 0.15) is 24.2 Å². The van der Waals surface area contributed by atoms with Crippen LogP contribution >= 0.6 is 0 Å². The lowest BCUT2D eigenvalue weighted by atomic mass is 10.1. The van der Waals surface area contributed by atoms with Gasteiger partial charge < -0.3 is 0 Å². The van der Waals surface area contributed by atoms with E-state index in [0.717, 1.165) is 6.07 Å². The summed E-state index contributed by atoms with van der Waals surface area (Å²) in [5.74, 6) is -1.52. The first-order chi connectivity index (χ1) is 9.31. The van der Waals surface area contributed by atoms with Gasteiger partial charge in [-0.2, -0.15) is 5.10 Å². The molecule has 0 radical (unpaired) electrons. The van der Waals surface area contributed by atoms with E-state index in [0.29, 0.717) is 11.8 Å². The predicted molar refractivity (Wildman–Crippen MR) is 68.4 cm³/mol. The maximum atomic E-state index is 13.6. The summed E-state index contributed by atoms with van der Waals surface area (Å²) < 4.78 is 53.0. The van der Waals surface area contributed by atoms with Crippen molar-refractivity contribution < 1.29 is 17.2 Å². The first kappa shape index (κ1) is 14.6. The van der Waals surface area contributed by atoms with E-state index in [1.165, 1.54) is 19.2 Å². The zero-order chi connectivity index (χ0) is 14.9. The summed E-state index contributed by atoms with van der Waals surface area (Å²) in [6.45, 7) is 3.04. The number of hydrogen-bond donors (Lipinski definition) is 2. The molecule has 0 amide bonds. The fraction of sp³-hybridized carbons (Fsp3) is 0.250. The quantitative estimate of drug-likeness (QED) is 0.907. The Kier molecular flexibility index (Phi) is 3.87. The molecule has 1 atom stereocenters. The highest BCUT2D eigenvalue weighted by molar-refractivity contribution is 7.89. The number of aromatic amines is 1. The van der Waals surface area contributed by atoms with Gasteiger partial charge in [0.2, 0.25) is 10.0 Å². The van der Waals surface area contributed by atoms with Gasteiger partial charge in [-0.25, -0.2) is 21.9 Å². The van der Waals surface area contributed by atoms with Crippen LogP contribution in [0.15, 0.2) is 29.3 Å². The molecule has 2 rings (SSSR count). The highest BCUT2D eigenvalue weighted by Gasteiger charge is 2.23. The molecule has 20 heavy (non-hydrogen) atoms. The number of rotatable bonds is 4. The lowest BCUT2D eigenvalue weighted by Crippen LogP contribution is -2.27. The molecule has 0 saturated carbocycles. The van der Waals surface area contributed by atoms with Crippen LogP contribution in [0.4, 0.5) is 8.78 Å². The number of nitrogens with one attached hydrogen (secondary N) is 2. The molecule has 0 aliphatic carbocycles. The summed E-state index contributed by atoms with van der Waals surface area (Å²) >= 11 is 0.